The highest BCUT2D eigenvalue weighted by molar-refractivity contribution is 6.19. The summed E-state index contributed by atoms with van der Waals surface area (Å²) in [6.07, 6.45) is 8.51. The largest absolute Gasteiger partial charge is 0.392 e. The number of unbranched alkanes of at least 4 members (excludes halogenated alkanes) is 2. The van der Waals surface area contributed by atoms with Gasteiger partial charge in [-0.25, -0.2) is 0 Å². The molecule has 0 amide bonds. The third-order valence-corrected chi connectivity index (χ3v) is 3.30. The summed E-state index contributed by atoms with van der Waals surface area (Å²) in [7, 11) is 0. The minimum Gasteiger partial charge on any atom is -0.392 e. The van der Waals surface area contributed by atoms with Gasteiger partial charge in [-0.05, 0) is 44.3 Å². The van der Waals surface area contributed by atoms with Gasteiger partial charge < -0.3 is 9.84 Å². The Bertz CT molecular complexity index is 387. The first kappa shape index (κ1) is 16.3. The molecule has 2 atom stereocenters. The molecule has 0 fully saturated rings. The van der Waals surface area contributed by atoms with Crippen molar-refractivity contribution < 1.29 is 9.84 Å². The molecule has 0 aromatic heterocycles. The van der Waals surface area contributed by atoms with Crippen LogP contribution >= 0.6 is 11.6 Å². The molecular weight excluding hydrogens is 260 g/mol. The van der Waals surface area contributed by atoms with E-state index in [2.05, 4.69) is 24.8 Å². The van der Waals surface area contributed by atoms with Crippen LogP contribution in [0.2, 0.25) is 0 Å². The van der Waals surface area contributed by atoms with Crippen LogP contribution in [0.15, 0.2) is 23.3 Å². The lowest BCUT2D eigenvalue weighted by atomic mass is 10.1. The van der Waals surface area contributed by atoms with Gasteiger partial charge in [-0.3, -0.25) is 0 Å². The molecule has 1 heterocycles. The zero-order valence-electron chi connectivity index (χ0n) is 11.8. The van der Waals surface area contributed by atoms with Crippen molar-refractivity contribution in [2.45, 2.75) is 51.7 Å². The molecule has 0 aliphatic carbocycles. The number of hydrogen-bond acceptors (Lipinski definition) is 2. The van der Waals surface area contributed by atoms with Gasteiger partial charge in [0.05, 0.1) is 24.7 Å². The predicted molar refractivity (Wildman–Crippen MR) is 80.2 cm³/mol. The van der Waals surface area contributed by atoms with Gasteiger partial charge in [-0.15, -0.1) is 17.5 Å². The molecular formula is C16H23ClO2. The van der Waals surface area contributed by atoms with Crippen molar-refractivity contribution in [3.05, 3.63) is 23.3 Å². The molecule has 0 aromatic rings. The van der Waals surface area contributed by atoms with Crippen LogP contribution in [-0.2, 0) is 4.74 Å². The van der Waals surface area contributed by atoms with E-state index in [9.17, 15) is 0 Å². The molecule has 1 aliphatic rings. The number of rotatable bonds is 6. The molecule has 106 valence electrons. The van der Waals surface area contributed by atoms with Crippen LogP contribution in [0.25, 0.3) is 0 Å². The van der Waals surface area contributed by atoms with Crippen LogP contribution in [0.3, 0.4) is 0 Å². The maximum absolute atomic E-state index is 9.00. The number of aliphatic hydroxyl groups excluding tert-OH is 1. The van der Waals surface area contributed by atoms with Crippen LogP contribution in [0, 0.1) is 11.8 Å². The lowest BCUT2D eigenvalue weighted by molar-refractivity contribution is 0.0741. The van der Waals surface area contributed by atoms with E-state index in [1.54, 1.807) is 0 Å². The zero-order chi connectivity index (χ0) is 14.1. The number of ether oxygens (including phenoxy) is 1. The Kier molecular flexibility index (Phi) is 7.90. The van der Waals surface area contributed by atoms with E-state index in [-0.39, 0.29) is 18.8 Å². The minimum absolute atomic E-state index is 0.0215. The third kappa shape index (κ3) is 6.29. The fourth-order valence-corrected chi connectivity index (χ4v) is 2.19. The van der Waals surface area contributed by atoms with Gasteiger partial charge in [0.15, 0.2) is 0 Å². The molecule has 2 nitrogen and oxygen atoms in total. The van der Waals surface area contributed by atoms with Crippen LogP contribution in [-0.4, -0.2) is 29.8 Å². The van der Waals surface area contributed by atoms with E-state index >= 15 is 0 Å². The Morgan fingerprint density at radius 1 is 1.47 bits per heavy atom. The highest BCUT2D eigenvalue weighted by Crippen LogP contribution is 2.25. The first-order valence-electron chi connectivity index (χ1n) is 6.81. The Morgan fingerprint density at radius 2 is 2.26 bits per heavy atom. The van der Waals surface area contributed by atoms with E-state index in [1.165, 1.54) is 5.57 Å². The Morgan fingerprint density at radius 3 is 2.95 bits per heavy atom. The average Bonchev–Trinajstić information content (AvgIpc) is 2.73. The predicted octanol–water partition coefficient (Wildman–Crippen LogP) is 3.44. The second kappa shape index (κ2) is 9.20. The summed E-state index contributed by atoms with van der Waals surface area (Å²) >= 11 is 5.48. The van der Waals surface area contributed by atoms with Gasteiger partial charge in [0.2, 0.25) is 0 Å². The molecule has 0 radical (unpaired) electrons. The standard InChI is InChI=1S/C16H23ClO2/c1-13(12-18)10-15-11-14(2)16(19-15)8-6-4-3-5-7-9-17/h10-11,15-16,18H,3-4,6,8-9,12H2,1-2H3/b13-10+/t15-,16+/m1/s1. The molecule has 0 unspecified atom stereocenters. The van der Waals surface area contributed by atoms with Crippen molar-refractivity contribution in [3.63, 3.8) is 0 Å². The first-order valence-corrected chi connectivity index (χ1v) is 7.34. The monoisotopic (exact) mass is 282 g/mol. The second-order valence-corrected chi connectivity index (χ2v) is 5.17. The molecule has 0 saturated carbocycles. The van der Waals surface area contributed by atoms with Gasteiger partial charge in [-0.1, -0.05) is 18.1 Å². The summed E-state index contributed by atoms with van der Waals surface area (Å²) in [6.45, 7) is 4.12. The molecule has 1 rings (SSSR count). The van der Waals surface area contributed by atoms with Crippen molar-refractivity contribution in [2.24, 2.45) is 0 Å². The van der Waals surface area contributed by atoms with Crippen LogP contribution in [0.4, 0.5) is 0 Å². The summed E-state index contributed by atoms with van der Waals surface area (Å²) < 4.78 is 5.94. The fraction of sp³-hybridized carbons (Fsp3) is 0.625. The molecule has 0 spiro atoms. The maximum atomic E-state index is 9.00. The van der Waals surface area contributed by atoms with E-state index < -0.39 is 0 Å². The van der Waals surface area contributed by atoms with E-state index in [1.807, 2.05) is 13.0 Å². The number of alkyl halides is 1. The zero-order valence-corrected chi connectivity index (χ0v) is 12.5. The number of hydrogen-bond donors (Lipinski definition) is 1. The SMILES string of the molecule is CC1=C[C@@H](/C=C(\C)CO)O[C@H]1CCCCC#CCCl. The van der Waals surface area contributed by atoms with Gasteiger partial charge in [0.25, 0.3) is 0 Å². The first-order chi connectivity index (χ1) is 9.17. The summed E-state index contributed by atoms with van der Waals surface area (Å²) in [5.41, 5.74) is 2.24. The molecule has 19 heavy (non-hydrogen) atoms. The highest BCUT2D eigenvalue weighted by atomic mass is 35.5. The Labute approximate surface area is 121 Å². The van der Waals surface area contributed by atoms with E-state index in [4.69, 9.17) is 21.4 Å². The summed E-state index contributed by atoms with van der Waals surface area (Å²) in [5.74, 6) is 6.32. The van der Waals surface area contributed by atoms with Gasteiger partial charge in [0.1, 0.15) is 0 Å². The lowest BCUT2D eigenvalue weighted by Gasteiger charge is -2.14. The van der Waals surface area contributed by atoms with Crippen molar-refractivity contribution >= 4 is 11.6 Å². The normalized spacial score (nSPS) is 22.9. The Balaban J connectivity index is 2.28. The van der Waals surface area contributed by atoms with E-state index in [0.717, 1.165) is 31.3 Å². The van der Waals surface area contributed by atoms with E-state index in [0.29, 0.717) is 5.88 Å². The van der Waals surface area contributed by atoms with Gasteiger partial charge in [-0.2, -0.15) is 0 Å². The number of halogens is 1. The second-order valence-electron chi connectivity index (χ2n) is 4.90. The fourth-order valence-electron chi connectivity index (χ4n) is 2.10. The van der Waals surface area contributed by atoms with Crippen LogP contribution in [0.5, 0.6) is 0 Å². The number of aliphatic hydroxyl groups is 1. The average molecular weight is 283 g/mol. The molecule has 0 bridgehead atoms. The molecule has 1 aliphatic heterocycles. The van der Waals surface area contributed by atoms with Crippen molar-refractivity contribution in [1.82, 2.24) is 0 Å². The van der Waals surface area contributed by atoms with Crippen molar-refractivity contribution in [2.75, 3.05) is 12.5 Å². The molecule has 0 aromatic carbocycles. The third-order valence-electron chi connectivity index (χ3n) is 3.16. The van der Waals surface area contributed by atoms with Crippen LogP contribution < -0.4 is 0 Å². The molecule has 1 N–H and O–H groups in total. The highest BCUT2D eigenvalue weighted by Gasteiger charge is 2.22. The van der Waals surface area contributed by atoms with Crippen molar-refractivity contribution in [3.8, 4) is 11.8 Å². The maximum Gasteiger partial charge on any atom is 0.0952 e. The summed E-state index contributed by atoms with van der Waals surface area (Å²) in [5, 5.41) is 9.00. The lowest BCUT2D eigenvalue weighted by Crippen LogP contribution is -2.13. The molecule has 0 saturated heterocycles. The minimum atomic E-state index is 0.0215. The van der Waals surface area contributed by atoms with Gasteiger partial charge in [0, 0.05) is 6.42 Å². The topological polar surface area (TPSA) is 29.5 Å². The smallest absolute Gasteiger partial charge is 0.0952 e. The molecule has 3 heteroatoms. The van der Waals surface area contributed by atoms with Crippen LogP contribution in [0.1, 0.15) is 39.5 Å². The quantitative estimate of drug-likeness (QED) is 0.350. The Hall–Kier alpha value is -0.750. The summed E-state index contributed by atoms with van der Waals surface area (Å²) in [6, 6.07) is 0. The van der Waals surface area contributed by atoms with Gasteiger partial charge >= 0.3 is 0 Å². The van der Waals surface area contributed by atoms with Crippen molar-refractivity contribution in [1.29, 1.82) is 0 Å². The summed E-state index contributed by atoms with van der Waals surface area (Å²) in [4.78, 5) is 0.